The Bertz CT molecular complexity index is 459. The maximum absolute atomic E-state index is 10.5. The number of hydrogen-bond acceptors (Lipinski definition) is 4. The first-order chi connectivity index (χ1) is 7.54. The monoisotopic (exact) mass is 217 g/mol. The van der Waals surface area contributed by atoms with Gasteiger partial charge in [0.2, 0.25) is 0 Å². The van der Waals surface area contributed by atoms with Crippen LogP contribution in [0.15, 0.2) is 29.8 Å². The molecule has 6 heteroatoms. The molecule has 0 saturated carbocycles. The molecule has 0 aromatic heterocycles. The van der Waals surface area contributed by atoms with E-state index in [2.05, 4.69) is 0 Å². The number of carboxylic acid groups (broad SMARTS) is 1. The van der Waals surface area contributed by atoms with Crippen molar-refractivity contribution in [1.29, 1.82) is 5.26 Å². The number of carbonyl (C=O) groups is 1. The fraction of sp³-hybridized carbons (Fsp3) is 0. The van der Waals surface area contributed by atoms with E-state index in [4.69, 9.17) is 20.4 Å². The highest BCUT2D eigenvalue weighted by molar-refractivity contribution is 6.58. The molecule has 0 aliphatic rings. The molecule has 0 fully saturated rings. The van der Waals surface area contributed by atoms with E-state index in [1.165, 1.54) is 30.3 Å². The van der Waals surface area contributed by atoms with E-state index in [-0.39, 0.29) is 5.57 Å². The number of aliphatic carboxylic acids is 1. The van der Waals surface area contributed by atoms with Crippen molar-refractivity contribution in [2.75, 3.05) is 0 Å². The van der Waals surface area contributed by atoms with Crippen LogP contribution in [0.2, 0.25) is 0 Å². The minimum absolute atomic E-state index is 0.297. The molecule has 5 nitrogen and oxygen atoms in total. The largest absolute Gasteiger partial charge is 0.488 e. The molecule has 0 aliphatic carbocycles. The van der Waals surface area contributed by atoms with E-state index < -0.39 is 13.1 Å². The normalized spacial score (nSPS) is 10.7. The first-order valence-electron chi connectivity index (χ1n) is 4.36. The Labute approximate surface area is 92.0 Å². The van der Waals surface area contributed by atoms with E-state index in [9.17, 15) is 4.79 Å². The lowest BCUT2D eigenvalue weighted by molar-refractivity contribution is -0.132. The second-order valence-corrected chi connectivity index (χ2v) is 3.02. The summed E-state index contributed by atoms with van der Waals surface area (Å²) in [7, 11) is -1.56. The lowest BCUT2D eigenvalue weighted by Crippen LogP contribution is -2.29. The van der Waals surface area contributed by atoms with Crippen LogP contribution < -0.4 is 5.46 Å². The van der Waals surface area contributed by atoms with Crippen LogP contribution in [0.4, 0.5) is 0 Å². The molecule has 80 valence electrons. The number of carboxylic acids is 1. The Balaban J connectivity index is 3.00. The number of benzene rings is 1. The molecule has 1 aromatic rings. The molecule has 1 rings (SSSR count). The van der Waals surface area contributed by atoms with Crippen LogP contribution in [-0.4, -0.2) is 28.2 Å². The Morgan fingerprint density at radius 2 is 1.88 bits per heavy atom. The third-order valence-corrected chi connectivity index (χ3v) is 1.90. The first kappa shape index (κ1) is 12.0. The number of rotatable bonds is 3. The summed E-state index contributed by atoms with van der Waals surface area (Å²) in [6, 6.07) is 7.42. The SMILES string of the molecule is N#C/C(=C/c1ccc(B(O)O)cc1)C(=O)O. The maximum Gasteiger partial charge on any atom is 0.488 e. The van der Waals surface area contributed by atoms with Crippen molar-refractivity contribution >= 4 is 24.6 Å². The predicted octanol–water partition coefficient (Wildman–Crippen LogP) is -0.642. The minimum atomic E-state index is -1.56. The van der Waals surface area contributed by atoms with Crippen LogP contribution in [0, 0.1) is 11.3 Å². The Kier molecular flexibility index (Phi) is 3.83. The number of nitrogens with zero attached hydrogens (tertiary/aromatic N) is 1. The highest BCUT2D eigenvalue weighted by atomic mass is 16.4. The van der Waals surface area contributed by atoms with Crippen molar-refractivity contribution in [3.05, 3.63) is 35.4 Å². The van der Waals surface area contributed by atoms with Crippen LogP contribution in [0.5, 0.6) is 0 Å². The zero-order chi connectivity index (χ0) is 12.1. The molecular weight excluding hydrogens is 209 g/mol. The van der Waals surface area contributed by atoms with Gasteiger partial charge < -0.3 is 15.2 Å². The van der Waals surface area contributed by atoms with Crippen LogP contribution in [0.1, 0.15) is 5.56 Å². The van der Waals surface area contributed by atoms with Crippen molar-refractivity contribution in [2.45, 2.75) is 0 Å². The van der Waals surface area contributed by atoms with Crippen molar-refractivity contribution in [3.63, 3.8) is 0 Å². The van der Waals surface area contributed by atoms with Gasteiger partial charge in [0.25, 0.3) is 0 Å². The molecule has 0 unspecified atom stereocenters. The number of hydrogen-bond donors (Lipinski definition) is 3. The van der Waals surface area contributed by atoms with E-state index >= 15 is 0 Å². The van der Waals surface area contributed by atoms with Gasteiger partial charge in [0.05, 0.1) is 0 Å². The van der Waals surface area contributed by atoms with E-state index in [1.54, 1.807) is 6.07 Å². The molecule has 0 atom stereocenters. The summed E-state index contributed by atoms with van der Waals surface area (Å²) in [5.74, 6) is -1.30. The van der Waals surface area contributed by atoms with Gasteiger partial charge in [0.1, 0.15) is 11.6 Å². The van der Waals surface area contributed by atoms with Crippen LogP contribution in [-0.2, 0) is 4.79 Å². The fourth-order valence-electron chi connectivity index (χ4n) is 1.07. The van der Waals surface area contributed by atoms with E-state index in [0.29, 0.717) is 11.0 Å². The van der Waals surface area contributed by atoms with Gasteiger partial charge in [0, 0.05) is 0 Å². The average Bonchev–Trinajstić information content (AvgIpc) is 2.26. The third-order valence-electron chi connectivity index (χ3n) is 1.90. The Morgan fingerprint density at radius 3 is 2.25 bits per heavy atom. The summed E-state index contributed by atoms with van der Waals surface area (Å²) in [6.45, 7) is 0. The molecule has 0 spiro atoms. The van der Waals surface area contributed by atoms with E-state index in [0.717, 1.165) is 0 Å². The molecular formula is C10H8BNO4. The highest BCUT2D eigenvalue weighted by Gasteiger charge is 2.10. The van der Waals surface area contributed by atoms with Gasteiger partial charge in [-0.05, 0) is 17.1 Å². The standard InChI is InChI=1S/C10H8BNO4/c12-6-8(10(13)14)5-7-1-3-9(4-2-7)11(15)16/h1-5,15-16H,(H,13,14)/b8-5-. The molecule has 0 saturated heterocycles. The van der Waals surface area contributed by atoms with Gasteiger partial charge in [-0.1, -0.05) is 24.3 Å². The van der Waals surface area contributed by atoms with Gasteiger partial charge in [-0.25, -0.2) is 4.79 Å². The Hall–Kier alpha value is -2.10. The summed E-state index contributed by atoms with van der Waals surface area (Å²) in [5, 5.41) is 34.8. The molecule has 0 heterocycles. The van der Waals surface area contributed by atoms with Crippen LogP contribution >= 0.6 is 0 Å². The van der Waals surface area contributed by atoms with Crippen molar-refractivity contribution < 1.29 is 19.9 Å². The summed E-state index contributed by atoms with van der Waals surface area (Å²) in [4.78, 5) is 10.5. The lowest BCUT2D eigenvalue weighted by Gasteiger charge is -1.99. The van der Waals surface area contributed by atoms with Crippen LogP contribution in [0.3, 0.4) is 0 Å². The average molecular weight is 217 g/mol. The van der Waals surface area contributed by atoms with Gasteiger partial charge in [-0.15, -0.1) is 0 Å². The smallest absolute Gasteiger partial charge is 0.477 e. The van der Waals surface area contributed by atoms with Crippen molar-refractivity contribution in [3.8, 4) is 6.07 Å². The topological polar surface area (TPSA) is 102 Å². The van der Waals surface area contributed by atoms with Gasteiger partial charge in [-0.2, -0.15) is 5.26 Å². The highest BCUT2D eigenvalue weighted by Crippen LogP contribution is 2.05. The molecule has 16 heavy (non-hydrogen) atoms. The molecule has 1 aromatic carbocycles. The Morgan fingerprint density at radius 1 is 1.31 bits per heavy atom. The lowest BCUT2D eigenvalue weighted by atomic mass is 9.80. The zero-order valence-corrected chi connectivity index (χ0v) is 8.16. The molecule has 0 aliphatic heterocycles. The second-order valence-electron chi connectivity index (χ2n) is 3.02. The number of nitriles is 1. The van der Waals surface area contributed by atoms with E-state index in [1.807, 2.05) is 0 Å². The zero-order valence-electron chi connectivity index (χ0n) is 8.16. The summed E-state index contributed by atoms with van der Waals surface area (Å²) in [6.07, 6.45) is 1.20. The first-order valence-corrected chi connectivity index (χ1v) is 4.36. The minimum Gasteiger partial charge on any atom is -0.477 e. The van der Waals surface area contributed by atoms with Crippen LogP contribution in [0.25, 0.3) is 6.08 Å². The molecule has 0 radical (unpaired) electrons. The van der Waals surface area contributed by atoms with Gasteiger partial charge in [0.15, 0.2) is 0 Å². The van der Waals surface area contributed by atoms with Gasteiger partial charge >= 0.3 is 13.1 Å². The fourth-order valence-corrected chi connectivity index (χ4v) is 1.07. The van der Waals surface area contributed by atoms with Gasteiger partial charge in [-0.3, -0.25) is 0 Å². The van der Waals surface area contributed by atoms with Crippen molar-refractivity contribution in [1.82, 2.24) is 0 Å². The maximum atomic E-state index is 10.5. The summed E-state index contributed by atoms with van der Waals surface area (Å²) < 4.78 is 0. The summed E-state index contributed by atoms with van der Waals surface area (Å²) in [5.41, 5.74) is 0.423. The predicted molar refractivity (Wildman–Crippen MR) is 57.5 cm³/mol. The molecule has 0 bridgehead atoms. The third kappa shape index (κ3) is 2.95. The second kappa shape index (κ2) is 5.12. The summed E-state index contributed by atoms with van der Waals surface area (Å²) >= 11 is 0. The molecule has 0 amide bonds. The van der Waals surface area contributed by atoms with Crippen molar-refractivity contribution in [2.24, 2.45) is 0 Å². The molecule has 3 N–H and O–H groups in total. The quantitative estimate of drug-likeness (QED) is 0.355.